The van der Waals surface area contributed by atoms with E-state index in [2.05, 4.69) is 10.8 Å². The molecular weight excluding hydrogens is 292 g/mol. The number of nitrogens with one attached hydrogen (secondary N) is 1. The molecular formula is C14H16N2O4S. The molecule has 2 rings (SSSR count). The van der Waals surface area contributed by atoms with Gasteiger partial charge in [0.25, 0.3) is 0 Å². The minimum atomic E-state index is -3.23. The number of sulfonamides is 1. The third-order valence-electron chi connectivity index (χ3n) is 3.31. The molecule has 0 radical (unpaired) electrons. The van der Waals surface area contributed by atoms with E-state index in [1.54, 1.807) is 6.07 Å². The maximum Gasteiger partial charge on any atom is 0.208 e. The molecule has 21 heavy (non-hydrogen) atoms. The number of fused-ring (bicyclic) bond motifs is 1. The van der Waals surface area contributed by atoms with E-state index in [0.717, 1.165) is 23.7 Å². The summed E-state index contributed by atoms with van der Waals surface area (Å²) in [4.78, 5) is 10.9. The van der Waals surface area contributed by atoms with Crippen molar-refractivity contribution in [1.82, 2.24) is 4.72 Å². The minimum Gasteiger partial charge on any atom is -0.492 e. The molecule has 0 heterocycles. The SMILES string of the molecule is CS(=O)(=O)NCCOc1cc(C#N)c2c(c1)CC(C=O)C2. The van der Waals surface area contributed by atoms with Gasteiger partial charge in [-0.25, -0.2) is 13.1 Å². The maximum absolute atomic E-state index is 10.9. The van der Waals surface area contributed by atoms with Crippen molar-refractivity contribution in [2.75, 3.05) is 19.4 Å². The fourth-order valence-corrected chi connectivity index (χ4v) is 2.87. The molecule has 0 amide bonds. The zero-order valence-corrected chi connectivity index (χ0v) is 12.4. The zero-order valence-electron chi connectivity index (χ0n) is 11.6. The Morgan fingerprint density at radius 3 is 2.86 bits per heavy atom. The molecule has 1 aromatic rings. The van der Waals surface area contributed by atoms with Gasteiger partial charge in [-0.15, -0.1) is 0 Å². The average molecular weight is 308 g/mol. The quantitative estimate of drug-likeness (QED) is 0.606. The lowest BCUT2D eigenvalue weighted by atomic mass is 10.0. The van der Waals surface area contributed by atoms with Gasteiger partial charge in [0.05, 0.1) is 17.9 Å². The molecule has 0 aliphatic heterocycles. The Bertz CT molecular complexity index is 692. The zero-order chi connectivity index (χ0) is 15.5. The summed E-state index contributed by atoms with van der Waals surface area (Å²) in [5.41, 5.74) is 2.39. The summed E-state index contributed by atoms with van der Waals surface area (Å²) in [7, 11) is -3.23. The van der Waals surface area contributed by atoms with Crippen LogP contribution >= 0.6 is 0 Å². The summed E-state index contributed by atoms with van der Waals surface area (Å²) in [6, 6.07) is 5.57. The van der Waals surface area contributed by atoms with Gasteiger partial charge in [-0.1, -0.05) is 0 Å². The Labute approximate surface area is 123 Å². The van der Waals surface area contributed by atoms with Crippen LogP contribution in [0.25, 0.3) is 0 Å². The van der Waals surface area contributed by atoms with E-state index in [9.17, 15) is 18.5 Å². The largest absolute Gasteiger partial charge is 0.492 e. The Hall–Kier alpha value is -1.91. The Balaban J connectivity index is 2.06. The van der Waals surface area contributed by atoms with E-state index >= 15 is 0 Å². The van der Waals surface area contributed by atoms with E-state index in [0.29, 0.717) is 24.2 Å². The van der Waals surface area contributed by atoms with Gasteiger partial charge in [-0.2, -0.15) is 5.26 Å². The molecule has 1 aromatic carbocycles. The van der Waals surface area contributed by atoms with Crippen LogP contribution in [-0.2, 0) is 27.7 Å². The third-order valence-corrected chi connectivity index (χ3v) is 4.04. The van der Waals surface area contributed by atoms with Crippen LogP contribution in [0.3, 0.4) is 0 Å². The van der Waals surface area contributed by atoms with E-state index in [-0.39, 0.29) is 19.1 Å². The number of nitrogens with zero attached hydrogens (tertiary/aromatic N) is 1. The third kappa shape index (κ3) is 4.03. The summed E-state index contributed by atoms with van der Waals surface area (Å²) in [5.74, 6) is 0.446. The monoisotopic (exact) mass is 308 g/mol. The van der Waals surface area contributed by atoms with Crippen LogP contribution in [0, 0.1) is 17.2 Å². The van der Waals surface area contributed by atoms with Gasteiger partial charge in [0.2, 0.25) is 10.0 Å². The fourth-order valence-electron chi connectivity index (χ4n) is 2.42. The highest BCUT2D eigenvalue weighted by Gasteiger charge is 2.24. The van der Waals surface area contributed by atoms with E-state index in [1.165, 1.54) is 0 Å². The van der Waals surface area contributed by atoms with Crippen molar-refractivity contribution < 1.29 is 17.9 Å². The molecule has 1 aliphatic rings. The molecule has 1 aliphatic carbocycles. The summed E-state index contributed by atoms with van der Waals surface area (Å²) < 4.78 is 29.6. The normalized spacial score (nSPS) is 17.0. The van der Waals surface area contributed by atoms with Crippen LogP contribution in [0.2, 0.25) is 0 Å². The number of carbonyl (C=O) groups is 1. The highest BCUT2D eigenvalue weighted by Crippen LogP contribution is 2.32. The number of hydrogen-bond donors (Lipinski definition) is 1. The highest BCUT2D eigenvalue weighted by atomic mass is 32.2. The predicted molar refractivity (Wildman–Crippen MR) is 76.5 cm³/mol. The van der Waals surface area contributed by atoms with Crippen LogP contribution in [0.1, 0.15) is 16.7 Å². The first-order valence-corrected chi connectivity index (χ1v) is 8.40. The van der Waals surface area contributed by atoms with E-state index in [4.69, 9.17) is 4.74 Å². The van der Waals surface area contributed by atoms with Crippen molar-refractivity contribution >= 4 is 16.3 Å². The second-order valence-corrected chi connectivity index (χ2v) is 6.87. The van der Waals surface area contributed by atoms with E-state index in [1.807, 2.05) is 6.07 Å². The number of benzene rings is 1. The predicted octanol–water partition coefficient (Wildman–Crippen LogP) is 0.400. The molecule has 0 saturated heterocycles. The van der Waals surface area contributed by atoms with Gasteiger partial charge >= 0.3 is 0 Å². The molecule has 0 saturated carbocycles. The Morgan fingerprint density at radius 2 is 2.24 bits per heavy atom. The van der Waals surface area contributed by atoms with Crippen LogP contribution in [-0.4, -0.2) is 34.1 Å². The smallest absolute Gasteiger partial charge is 0.208 e. The van der Waals surface area contributed by atoms with Gasteiger partial charge in [0, 0.05) is 12.5 Å². The number of rotatable bonds is 6. The van der Waals surface area contributed by atoms with E-state index < -0.39 is 10.0 Å². The van der Waals surface area contributed by atoms with Crippen LogP contribution < -0.4 is 9.46 Å². The van der Waals surface area contributed by atoms with Crippen LogP contribution in [0.5, 0.6) is 5.75 Å². The number of hydrogen-bond acceptors (Lipinski definition) is 5. The number of nitriles is 1. The second kappa shape index (κ2) is 6.24. The topological polar surface area (TPSA) is 96.3 Å². The number of ether oxygens (including phenoxy) is 1. The molecule has 0 spiro atoms. The first kappa shape index (κ1) is 15.5. The van der Waals surface area contributed by atoms with Crippen molar-refractivity contribution in [1.29, 1.82) is 5.26 Å². The lowest BCUT2D eigenvalue weighted by Crippen LogP contribution is -2.26. The first-order chi connectivity index (χ1) is 9.93. The summed E-state index contributed by atoms with van der Waals surface area (Å²) in [6.45, 7) is 0.336. The molecule has 0 bridgehead atoms. The van der Waals surface area contributed by atoms with Gasteiger partial charge in [-0.05, 0) is 36.1 Å². The first-order valence-electron chi connectivity index (χ1n) is 6.51. The molecule has 1 N–H and O–H groups in total. The minimum absolute atomic E-state index is 0.0748. The van der Waals surface area contributed by atoms with Gasteiger partial charge < -0.3 is 9.53 Å². The molecule has 1 unspecified atom stereocenters. The van der Waals surface area contributed by atoms with Crippen molar-refractivity contribution in [3.8, 4) is 11.8 Å². The molecule has 112 valence electrons. The van der Waals surface area contributed by atoms with Crippen molar-refractivity contribution in [3.05, 3.63) is 28.8 Å². The highest BCUT2D eigenvalue weighted by molar-refractivity contribution is 7.88. The molecule has 0 fully saturated rings. The summed E-state index contributed by atoms with van der Waals surface area (Å²) >= 11 is 0. The number of aldehydes is 1. The fraction of sp³-hybridized carbons (Fsp3) is 0.429. The molecule has 7 heteroatoms. The van der Waals surface area contributed by atoms with Gasteiger partial charge in [0.1, 0.15) is 18.6 Å². The van der Waals surface area contributed by atoms with Crippen LogP contribution in [0.4, 0.5) is 0 Å². The number of carbonyl (C=O) groups excluding carboxylic acids is 1. The second-order valence-electron chi connectivity index (χ2n) is 5.04. The van der Waals surface area contributed by atoms with Gasteiger partial charge in [0.15, 0.2) is 0 Å². The lowest BCUT2D eigenvalue weighted by Gasteiger charge is -2.09. The standard InChI is InChI=1S/C14H16N2O4S/c1-21(18,19)16-2-3-20-13-6-11-4-10(9-17)5-14(11)12(7-13)8-15/h6-7,9-10,16H,2-5H2,1H3. The molecule has 1 atom stereocenters. The van der Waals surface area contributed by atoms with Crippen molar-refractivity contribution in [2.24, 2.45) is 5.92 Å². The maximum atomic E-state index is 10.9. The van der Waals surface area contributed by atoms with Crippen molar-refractivity contribution in [3.63, 3.8) is 0 Å². The van der Waals surface area contributed by atoms with Gasteiger partial charge in [-0.3, -0.25) is 0 Å². The molecule has 6 nitrogen and oxygen atoms in total. The Kier molecular flexibility index (Phi) is 4.60. The van der Waals surface area contributed by atoms with Crippen molar-refractivity contribution in [2.45, 2.75) is 12.8 Å². The molecule has 0 aromatic heterocycles. The summed E-state index contributed by atoms with van der Waals surface area (Å²) in [6.07, 6.45) is 3.21. The Morgan fingerprint density at radius 1 is 1.48 bits per heavy atom. The van der Waals surface area contributed by atoms with Crippen LogP contribution in [0.15, 0.2) is 12.1 Å². The lowest BCUT2D eigenvalue weighted by molar-refractivity contribution is -0.110. The summed E-state index contributed by atoms with van der Waals surface area (Å²) in [5, 5.41) is 9.18. The average Bonchev–Trinajstić information content (AvgIpc) is 2.84.